The molecule has 0 bridgehead atoms. The zero-order valence-corrected chi connectivity index (χ0v) is 18.2. The predicted octanol–water partition coefficient (Wildman–Crippen LogP) is 4.30. The number of hydrogen-bond donors (Lipinski definition) is 2. The van der Waals surface area contributed by atoms with Crippen LogP contribution < -0.4 is 10.1 Å². The maximum atomic E-state index is 13.6. The number of likely N-dealkylation sites (N-methyl/N-ethyl adjacent to an activating group) is 1. The molecule has 164 valence electrons. The van der Waals surface area contributed by atoms with E-state index in [-0.39, 0.29) is 12.4 Å². The molecule has 0 aliphatic carbocycles. The van der Waals surface area contributed by atoms with Crippen LogP contribution >= 0.6 is 0 Å². The van der Waals surface area contributed by atoms with Crippen molar-refractivity contribution in [1.29, 1.82) is 0 Å². The van der Waals surface area contributed by atoms with E-state index in [9.17, 15) is 9.50 Å². The zero-order chi connectivity index (χ0) is 22.1. The maximum Gasteiger partial charge on any atom is 0.126 e. The average Bonchev–Trinajstić information content (AvgIpc) is 2.76. The van der Waals surface area contributed by atoms with E-state index in [1.165, 1.54) is 5.56 Å². The first-order chi connectivity index (χ1) is 15.0. The van der Waals surface area contributed by atoms with Gasteiger partial charge in [-0.25, -0.2) is 4.39 Å². The molecule has 4 nitrogen and oxygen atoms in total. The van der Waals surface area contributed by atoms with Gasteiger partial charge >= 0.3 is 0 Å². The molecule has 5 heteroatoms. The minimum absolute atomic E-state index is 0.172. The van der Waals surface area contributed by atoms with Crippen molar-refractivity contribution < 1.29 is 14.2 Å². The molecular formula is C26H31FN2O2. The van der Waals surface area contributed by atoms with E-state index in [4.69, 9.17) is 4.74 Å². The largest absolute Gasteiger partial charge is 0.491 e. The third kappa shape index (κ3) is 7.79. The molecule has 0 fully saturated rings. The number of aryl methyl sites for hydroxylation is 1. The molecule has 0 aromatic heterocycles. The summed E-state index contributed by atoms with van der Waals surface area (Å²) in [5, 5.41) is 13.6. The molecule has 3 aromatic rings. The highest BCUT2D eigenvalue weighted by Crippen LogP contribution is 2.14. The van der Waals surface area contributed by atoms with Gasteiger partial charge in [0.05, 0.1) is 0 Å². The highest BCUT2D eigenvalue weighted by molar-refractivity contribution is 5.27. The van der Waals surface area contributed by atoms with Crippen LogP contribution in [0, 0.1) is 12.7 Å². The fraction of sp³-hybridized carbons (Fsp3) is 0.308. The van der Waals surface area contributed by atoms with Crippen molar-refractivity contribution in [3.63, 3.8) is 0 Å². The van der Waals surface area contributed by atoms with Gasteiger partial charge in [0, 0.05) is 26.2 Å². The van der Waals surface area contributed by atoms with Crippen LogP contribution in [0.25, 0.3) is 0 Å². The van der Waals surface area contributed by atoms with E-state index >= 15 is 0 Å². The summed E-state index contributed by atoms with van der Waals surface area (Å²) in [7, 11) is 1.99. The fourth-order valence-corrected chi connectivity index (χ4v) is 3.37. The van der Waals surface area contributed by atoms with Crippen LogP contribution in [0.15, 0.2) is 72.8 Å². The normalized spacial score (nSPS) is 12.2. The minimum Gasteiger partial charge on any atom is -0.491 e. The Kier molecular flexibility index (Phi) is 8.59. The lowest BCUT2D eigenvalue weighted by Crippen LogP contribution is -2.32. The van der Waals surface area contributed by atoms with Gasteiger partial charge < -0.3 is 15.2 Å². The number of benzene rings is 3. The third-order valence-corrected chi connectivity index (χ3v) is 5.08. The van der Waals surface area contributed by atoms with Crippen molar-refractivity contribution in [1.82, 2.24) is 10.2 Å². The van der Waals surface area contributed by atoms with Crippen LogP contribution in [0.2, 0.25) is 0 Å². The Labute approximate surface area is 184 Å². The quantitative estimate of drug-likeness (QED) is 0.484. The van der Waals surface area contributed by atoms with Crippen molar-refractivity contribution in [2.75, 3.05) is 20.2 Å². The second-order valence-electron chi connectivity index (χ2n) is 7.98. The molecule has 0 amide bonds. The summed E-state index contributed by atoms with van der Waals surface area (Å²) in [6, 6.07) is 23.3. The van der Waals surface area contributed by atoms with Gasteiger partial charge in [0.2, 0.25) is 0 Å². The number of aliphatic hydroxyl groups is 1. The van der Waals surface area contributed by atoms with Crippen LogP contribution in [-0.2, 0) is 19.6 Å². The van der Waals surface area contributed by atoms with E-state index in [2.05, 4.69) is 22.3 Å². The Morgan fingerprint density at radius 1 is 0.935 bits per heavy atom. The number of halogens is 1. The first kappa shape index (κ1) is 22.9. The van der Waals surface area contributed by atoms with E-state index < -0.39 is 6.10 Å². The van der Waals surface area contributed by atoms with E-state index in [0.29, 0.717) is 25.2 Å². The van der Waals surface area contributed by atoms with Gasteiger partial charge in [-0.1, -0.05) is 54.6 Å². The summed E-state index contributed by atoms with van der Waals surface area (Å²) in [6.07, 6.45) is -0.565. The highest BCUT2D eigenvalue weighted by Gasteiger charge is 2.10. The van der Waals surface area contributed by atoms with Gasteiger partial charge in [0.1, 0.15) is 24.3 Å². The average molecular weight is 423 g/mol. The van der Waals surface area contributed by atoms with Crippen LogP contribution in [0.1, 0.15) is 22.3 Å². The summed E-state index contributed by atoms with van der Waals surface area (Å²) in [4.78, 5) is 2.08. The summed E-state index contributed by atoms with van der Waals surface area (Å²) in [5.74, 6) is 0.559. The molecule has 0 unspecified atom stereocenters. The third-order valence-electron chi connectivity index (χ3n) is 5.08. The molecule has 0 saturated heterocycles. The van der Waals surface area contributed by atoms with Crippen LogP contribution in [0.5, 0.6) is 5.75 Å². The van der Waals surface area contributed by atoms with Crippen molar-refractivity contribution in [2.24, 2.45) is 0 Å². The molecule has 0 radical (unpaired) electrons. The first-order valence-electron chi connectivity index (χ1n) is 10.6. The lowest BCUT2D eigenvalue weighted by Gasteiger charge is -2.21. The Morgan fingerprint density at radius 2 is 1.61 bits per heavy atom. The number of rotatable bonds is 11. The SMILES string of the molecule is Cc1ccc(CNCc2ccc(OC[C@H](O)CN(C)Cc3ccccc3)cc2)cc1F. The lowest BCUT2D eigenvalue weighted by molar-refractivity contribution is 0.0744. The predicted molar refractivity (Wildman–Crippen MR) is 122 cm³/mol. The molecule has 0 saturated carbocycles. The molecule has 0 aliphatic heterocycles. The molecule has 0 aliphatic rings. The molecule has 3 aromatic carbocycles. The van der Waals surface area contributed by atoms with E-state index in [1.807, 2.05) is 55.6 Å². The first-order valence-corrected chi connectivity index (χ1v) is 10.6. The van der Waals surface area contributed by atoms with Crippen LogP contribution in [0.4, 0.5) is 4.39 Å². The summed E-state index contributed by atoms with van der Waals surface area (Å²) in [5.41, 5.74) is 3.92. The van der Waals surface area contributed by atoms with E-state index in [1.54, 1.807) is 19.1 Å². The van der Waals surface area contributed by atoms with Crippen LogP contribution in [-0.4, -0.2) is 36.3 Å². The fourth-order valence-electron chi connectivity index (χ4n) is 3.37. The second-order valence-corrected chi connectivity index (χ2v) is 7.98. The number of ether oxygens (including phenoxy) is 1. The summed E-state index contributed by atoms with van der Waals surface area (Å²) < 4.78 is 19.3. The van der Waals surface area contributed by atoms with Gasteiger partial charge in [-0.05, 0) is 54.4 Å². The van der Waals surface area contributed by atoms with Gasteiger partial charge in [-0.2, -0.15) is 0 Å². The van der Waals surface area contributed by atoms with Gasteiger partial charge in [0.25, 0.3) is 0 Å². The molecule has 0 heterocycles. The molecule has 1 atom stereocenters. The Balaban J connectivity index is 1.37. The monoisotopic (exact) mass is 422 g/mol. The topological polar surface area (TPSA) is 44.7 Å². The van der Waals surface area contributed by atoms with E-state index in [0.717, 1.165) is 23.4 Å². The molecule has 0 spiro atoms. The highest BCUT2D eigenvalue weighted by atomic mass is 19.1. The number of nitrogens with zero attached hydrogens (tertiary/aromatic N) is 1. The molecule has 3 rings (SSSR count). The van der Waals surface area contributed by atoms with Crippen molar-refractivity contribution in [3.8, 4) is 5.75 Å². The maximum absolute atomic E-state index is 13.6. The Bertz CT molecular complexity index is 932. The summed E-state index contributed by atoms with van der Waals surface area (Å²) >= 11 is 0. The van der Waals surface area contributed by atoms with Gasteiger partial charge in [-0.15, -0.1) is 0 Å². The lowest BCUT2D eigenvalue weighted by atomic mass is 10.1. The van der Waals surface area contributed by atoms with Crippen molar-refractivity contribution >= 4 is 0 Å². The summed E-state index contributed by atoms with van der Waals surface area (Å²) in [6.45, 7) is 4.63. The Morgan fingerprint density at radius 3 is 2.32 bits per heavy atom. The zero-order valence-electron chi connectivity index (χ0n) is 18.2. The van der Waals surface area contributed by atoms with Crippen molar-refractivity contribution in [2.45, 2.75) is 32.7 Å². The molecular weight excluding hydrogens is 391 g/mol. The molecule has 31 heavy (non-hydrogen) atoms. The number of hydrogen-bond acceptors (Lipinski definition) is 4. The number of nitrogens with one attached hydrogen (secondary N) is 1. The van der Waals surface area contributed by atoms with Crippen molar-refractivity contribution in [3.05, 3.63) is 101 Å². The molecule has 2 N–H and O–H groups in total. The van der Waals surface area contributed by atoms with Gasteiger partial charge in [0.15, 0.2) is 0 Å². The Hall–Kier alpha value is -2.73. The minimum atomic E-state index is -0.565. The van der Waals surface area contributed by atoms with Gasteiger partial charge in [-0.3, -0.25) is 4.90 Å². The number of aliphatic hydroxyl groups excluding tert-OH is 1. The van der Waals surface area contributed by atoms with Crippen LogP contribution in [0.3, 0.4) is 0 Å². The standard InChI is InChI=1S/C26H31FN2O2/c1-20-8-9-23(14-26(20)27)16-28-15-21-10-12-25(13-11-21)31-19-24(30)18-29(2)17-22-6-4-3-5-7-22/h3-14,24,28,30H,15-19H2,1-2H3/t24-/m1/s1. The smallest absolute Gasteiger partial charge is 0.126 e. The second kappa shape index (κ2) is 11.6.